The molecule has 0 spiro atoms. The summed E-state index contributed by atoms with van der Waals surface area (Å²) in [6.07, 6.45) is 0. The fourth-order valence-corrected chi connectivity index (χ4v) is 1.60. The molecule has 1 aromatic carbocycles. The number of benzene rings is 1. The molecule has 1 aromatic rings. The monoisotopic (exact) mass is 209 g/mol. The molecule has 1 rings (SSSR count). The zero-order valence-corrected chi connectivity index (χ0v) is 9.44. The first-order valence-electron chi connectivity index (χ1n) is 5.26. The summed E-state index contributed by atoms with van der Waals surface area (Å²) in [5.74, 6) is 0. The van der Waals surface area contributed by atoms with Gasteiger partial charge >= 0.3 is 0 Å². The van der Waals surface area contributed by atoms with Crippen molar-refractivity contribution >= 4 is 5.69 Å². The van der Waals surface area contributed by atoms with Gasteiger partial charge in [-0.05, 0) is 13.0 Å². The number of nitrogens with zero attached hydrogens (tertiary/aromatic N) is 1. The molecule has 3 heteroatoms. The highest BCUT2D eigenvalue weighted by molar-refractivity contribution is 5.53. The number of para-hydroxylation sites is 1. The van der Waals surface area contributed by atoms with E-state index in [1.54, 1.807) is 7.11 Å². The smallest absolute Gasteiger partial charge is 0.0702 e. The molecule has 0 radical (unpaired) electrons. The van der Waals surface area contributed by atoms with E-state index in [1.165, 1.54) is 0 Å². The van der Waals surface area contributed by atoms with Gasteiger partial charge in [0, 0.05) is 31.5 Å². The molecule has 0 aliphatic rings. The lowest BCUT2D eigenvalue weighted by atomic mass is 10.1. The number of rotatable bonds is 6. The van der Waals surface area contributed by atoms with Gasteiger partial charge in [-0.1, -0.05) is 18.2 Å². The molecule has 0 fully saturated rings. The third-order valence-electron chi connectivity index (χ3n) is 2.45. The molecule has 15 heavy (non-hydrogen) atoms. The molecular weight excluding hydrogens is 190 g/mol. The van der Waals surface area contributed by atoms with Crippen LogP contribution in [0.1, 0.15) is 12.5 Å². The van der Waals surface area contributed by atoms with E-state index in [0.29, 0.717) is 6.61 Å². The lowest BCUT2D eigenvalue weighted by Crippen LogP contribution is -2.27. The van der Waals surface area contributed by atoms with Gasteiger partial charge in [0.2, 0.25) is 0 Å². The minimum atomic E-state index is 0.0830. The SMILES string of the molecule is CCN(CCOC)c1ccccc1CO. The van der Waals surface area contributed by atoms with Gasteiger partial charge in [0.25, 0.3) is 0 Å². The van der Waals surface area contributed by atoms with Crippen molar-refractivity contribution in [2.75, 3.05) is 31.7 Å². The van der Waals surface area contributed by atoms with E-state index in [-0.39, 0.29) is 6.61 Å². The molecule has 0 heterocycles. The molecule has 0 amide bonds. The minimum absolute atomic E-state index is 0.0830. The molecular formula is C12H19NO2. The Kier molecular flexibility index (Phi) is 5.15. The Morgan fingerprint density at radius 3 is 2.67 bits per heavy atom. The fourth-order valence-electron chi connectivity index (χ4n) is 1.60. The number of anilines is 1. The summed E-state index contributed by atoms with van der Waals surface area (Å²) < 4.78 is 5.06. The molecule has 0 atom stereocenters. The second-order valence-corrected chi connectivity index (χ2v) is 3.36. The standard InChI is InChI=1S/C12H19NO2/c1-3-13(8-9-15-2)12-7-5-4-6-11(12)10-14/h4-7,14H,3,8-10H2,1-2H3. The van der Waals surface area contributed by atoms with E-state index >= 15 is 0 Å². The van der Waals surface area contributed by atoms with Crippen molar-refractivity contribution in [1.29, 1.82) is 0 Å². The maximum Gasteiger partial charge on any atom is 0.0702 e. The van der Waals surface area contributed by atoms with Crippen LogP contribution in [0.15, 0.2) is 24.3 Å². The van der Waals surface area contributed by atoms with Gasteiger partial charge in [-0.25, -0.2) is 0 Å². The van der Waals surface area contributed by atoms with Crippen molar-refractivity contribution in [2.45, 2.75) is 13.5 Å². The topological polar surface area (TPSA) is 32.7 Å². The second kappa shape index (κ2) is 6.43. The molecule has 0 saturated heterocycles. The molecule has 0 aromatic heterocycles. The second-order valence-electron chi connectivity index (χ2n) is 3.36. The summed E-state index contributed by atoms with van der Waals surface area (Å²) in [5, 5.41) is 9.23. The lowest BCUT2D eigenvalue weighted by molar-refractivity contribution is 0.205. The number of ether oxygens (including phenoxy) is 1. The molecule has 0 bridgehead atoms. The number of aliphatic hydroxyl groups excluding tert-OH is 1. The van der Waals surface area contributed by atoms with Crippen molar-refractivity contribution in [2.24, 2.45) is 0 Å². The maximum absolute atomic E-state index is 9.23. The first-order chi connectivity index (χ1) is 7.33. The zero-order chi connectivity index (χ0) is 11.1. The van der Waals surface area contributed by atoms with Crippen LogP contribution in [0.25, 0.3) is 0 Å². The highest BCUT2D eigenvalue weighted by atomic mass is 16.5. The Morgan fingerprint density at radius 2 is 2.07 bits per heavy atom. The van der Waals surface area contributed by atoms with Gasteiger partial charge in [-0.2, -0.15) is 0 Å². The molecule has 1 N–H and O–H groups in total. The molecule has 3 nitrogen and oxygen atoms in total. The molecule has 0 aliphatic heterocycles. The van der Waals surface area contributed by atoms with E-state index in [2.05, 4.69) is 11.8 Å². The van der Waals surface area contributed by atoms with Crippen LogP contribution in [0, 0.1) is 0 Å². The number of likely N-dealkylation sites (N-methyl/N-ethyl adjacent to an activating group) is 1. The number of methoxy groups -OCH3 is 1. The van der Waals surface area contributed by atoms with Crippen molar-refractivity contribution in [3.05, 3.63) is 29.8 Å². The zero-order valence-electron chi connectivity index (χ0n) is 9.44. The van der Waals surface area contributed by atoms with Gasteiger partial charge in [-0.3, -0.25) is 0 Å². The summed E-state index contributed by atoms with van der Waals surface area (Å²) in [4.78, 5) is 2.20. The van der Waals surface area contributed by atoms with Gasteiger partial charge in [0.1, 0.15) is 0 Å². The van der Waals surface area contributed by atoms with Crippen LogP contribution in [0.5, 0.6) is 0 Å². The third kappa shape index (κ3) is 3.22. The average Bonchev–Trinajstić information content (AvgIpc) is 2.30. The minimum Gasteiger partial charge on any atom is -0.392 e. The van der Waals surface area contributed by atoms with E-state index < -0.39 is 0 Å². The summed E-state index contributed by atoms with van der Waals surface area (Å²) in [5.41, 5.74) is 2.06. The van der Waals surface area contributed by atoms with Crippen molar-refractivity contribution < 1.29 is 9.84 Å². The highest BCUT2D eigenvalue weighted by Crippen LogP contribution is 2.19. The Labute approximate surface area is 91.3 Å². The first kappa shape index (κ1) is 12.0. The predicted molar refractivity (Wildman–Crippen MR) is 62.1 cm³/mol. The van der Waals surface area contributed by atoms with Crippen LogP contribution in [-0.4, -0.2) is 31.9 Å². The van der Waals surface area contributed by atoms with Crippen LogP contribution in [-0.2, 0) is 11.3 Å². The fraction of sp³-hybridized carbons (Fsp3) is 0.500. The number of hydrogen-bond acceptors (Lipinski definition) is 3. The quantitative estimate of drug-likeness (QED) is 0.773. The normalized spacial score (nSPS) is 10.3. The summed E-state index contributed by atoms with van der Waals surface area (Å²) in [7, 11) is 1.70. The maximum atomic E-state index is 9.23. The summed E-state index contributed by atoms with van der Waals surface area (Å²) >= 11 is 0. The Morgan fingerprint density at radius 1 is 1.33 bits per heavy atom. The summed E-state index contributed by atoms with van der Waals surface area (Å²) in [6.45, 7) is 4.65. The van der Waals surface area contributed by atoms with Crippen LogP contribution in [0.2, 0.25) is 0 Å². The Hall–Kier alpha value is -1.06. The van der Waals surface area contributed by atoms with Crippen LogP contribution >= 0.6 is 0 Å². The lowest BCUT2D eigenvalue weighted by Gasteiger charge is -2.24. The Balaban J connectivity index is 2.80. The van der Waals surface area contributed by atoms with Crippen LogP contribution in [0.3, 0.4) is 0 Å². The average molecular weight is 209 g/mol. The van der Waals surface area contributed by atoms with Crippen LogP contribution in [0.4, 0.5) is 5.69 Å². The Bertz CT molecular complexity index is 289. The van der Waals surface area contributed by atoms with Crippen LogP contribution < -0.4 is 4.90 Å². The number of aliphatic hydroxyl groups is 1. The van der Waals surface area contributed by atoms with Crippen molar-refractivity contribution in [3.8, 4) is 0 Å². The highest BCUT2D eigenvalue weighted by Gasteiger charge is 2.07. The van der Waals surface area contributed by atoms with E-state index in [4.69, 9.17) is 4.74 Å². The molecule has 0 unspecified atom stereocenters. The van der Waals surface area contributed by atoms with Gasteiger partial charge < -0.3 is 14.7 Å². The van der Waals surface area contributed by atoms with Gasteiger partial charge in [-0.15, -0.1) is 0 Å². The van der Waals surface area contributed by atoms with E-state index in [0.717, 1.165) is 24.3 Å². The van der Waals surface area contributed by atoms with Crippen molar-refractivity contribution in [1.82, 2.24) is 0 Å². The largest absolute Gasteiger partial charge is 0.392 e. The van der Waals surface area contributed by atoms with Crippen molar-refractivity contribution in [3.63, 3.8) is 0 Å². The first-order valence-corrected chi connectivity index (χ1v) is 5.26. The van der Waals surface area contributed by atoms with Gasteiger partial charge in [0.15, 0.2) is 0 Å². The number of hydrogen-bond donors (Lipinski definition) is 1. The predicted octanol–water partition coefficient (Wildman–Crippen LogP) is 1.65. The molecule has 84 valence electrons. The van der Waals surface area contributed by atoms with E-state index in [9.17, 15) is 5.11 Å². The molecule has 0 saturated carbocycles. The van der Waals surface area contributed by atoms with E-state index in [1.807, 2.05) is 24.3 Å². The van der Waals surface area contributed by atoms with Gasteiger partial charge in [0.05, 0.1) is 13.2 Å². The third-order valence-corrected chi connectivity index (χ3v) is 2.45. The summed E-state index contributed by atoms with van der Waals surface area (Å²) in [6, 6.07) is 7.92. The molecule has 0 aliphatic carbocycles.